The van der Waals surface area contributed by atoms with E-state index >= 15 is 0 Å². The van der Waals surface area contributed by atoms with Crippen LogP contribution in [0.5, 0.6) is 0 Å². The number of carbonyl (C=O) groups is 1. The van der Waals surface area contributed by atoms with Gasteiger partial charge in [0.05, 0.1) is 38.5 Å². The predicted octanol–water partition coefficient (Wildman–Crippen LogP) is 3.77. The van der Waals surface area contributed by atoms with Crippen molar-refractivity contribution in [2.45, 2.75) is 31.8 Å². The second-order valence-corrected chi connectivity index (χ2v) is 8.74. The molecular formula is C26H34N2O3. The molecule has 5 heteroatoms. The fraction of sp³-hybridized carbons (Fsp3) is 0.500. The lowest BCUT2D eigenvalue weighted by atomic mass is 9.88. The molecule has 166 valence electrons. The Morgan fingerprint density at radius 3 is 1.81 bits per heavy atom. The molecule has 0 N–H and O–H groups in total. The summed E-state index contributed by atoms with van der Waals surface area (Å²) in [6, 6.07) is 18.4. The zero-order valence-corrected chi connectivity index (χ0v) is 18.7. The molecule has 0 radical (unpaired) electrons. The van der Waals surface area contributed by atoms with Crippen molar-refractivity contribution in [3.63, 3.8) is 0 Å². The summed E-state index contributed by atoms with van der Waals surface area (Å²) in [6.45, 7) is 10.4. The van der Waals surface area contributed by atoms with E-state index in [9.17, 15) is 4.79 Å². The van der Waals surface area contributed by atoms with E-state index in [2.05, 4.69) is 47.9 Å². The molecule has 2 fully saturated rings. The van der Waals surface area contributed by atoms with Crippen LogP contribution in [0.15, 0.2) is 54.6 Å². The Hall–Kier alpha value is -2.05. The number of nitrogens with zero attached hydrogens (tertiary/aromatic N) is 2. The number of benzene rings is 2. The van der Waals surface area contributed by atoms with Gasteiger partial charge in [0.2, 0.25) is 0 Å². The van der Waals surface area contributed by atoms with E-state index in [1.165, 1.54) is 11.1 Å². The zero-order valence-electron chi connectivity index (χ0n) is 18.7. The Labute approximate surface area is 185 Å². The van der Waals surface area contributed by atoms with Crippen LogP contribution in [0.4, 0.5) is 0 Å². The molecule has 2 aromatic carbocycles. The monoisotopic (exact) mass is 422 g/mol. The number of hydrogen-bond donors (Lipinski definition) is 0. The van der Waals surface area contributed by atoms with Crippen molar-refractivity contribution in [3.8, 4) is 0 Å². The lowest BCUT2D eigenvalue weighted by Gasteiger charge is -2.44. The van der Waals surface area contributed by atoms with Crippen molar-refractivity contribution in [1.82, 2.24) is 9.80 Å². The van der Waals surface area contributed by atoms with E-state index in [0.29, 0.717) is 32.3 Å². The maximum Gasteiger partial charge on any atom is 0.181 e. The highest BCUT2D eigenvalue weighted by Gasteiger charge is 2.39. The van der Waals surface area contributed by atoms with Crippen molar-refractivity contribution in [3.05, 3.63) is 71.3 Å². The Kier molecular flexibility index (Phi) is 7.51. The van der Waals surface area contributed by atoms with Gasteiger partial charge in [0.15, 0.2) is 5.78 Å². The van der Waals surface area contributed by atoms with E-state index < -0.39 is 0 Å². The van der Waals surface area contributed by atoms with Crippen molar-refractivity contribution >= 4 is 5.78 Å². The van der Waals surface area contributed by atoms with Crippen LogP contribution in [0.3, 0.4) is 0 Å². The molecule has 0 saturated carbocycles. The van der Waals surface area contributed by atoms with Gasteiger partial charge in [0.1, 0.15) is 0 Å². The highest BCUT2D eigenvalue weighted by Crippen LogP contribution is 2.32. The average molecular weight is 423 g/mol. The SMILES string of the molecule is CC(C)c1ccc([C@H]([C@H](C(=O)c2ccccc2)N2CCOCC2)N2CCOCC2)cc1. The lowest BCUT2D eigenvalue weighted by molar-refractivity contribution is -0.0301. The Bertz CT molecular complexity index is 825. The minimum atomic E-state index is -0.255. The van der Waals surface area contributed by atoms with Crippen LogP contribution in [0.1, 0.15) is 47.3 Å². The summed E-state index contributed by atoms with van der Waals surface area (Å²) in [5, 5.41) is 0. The van der Waals surface area contributed by atoms with Crippen molar-refractivity contribution in [2.24, 2.45) is 0 Å². The van der Waals surface area contributed by atoms with Crippen LogP contribution in [-0.2, 0) is 9.47 Å². The first kappa shape index (κ1) is 22.2. The third-order valence-electron chi connectivity index (χ3n) is 6.45. The van der Waals surface area contributed by atoms with Crippen LogP contribution < -0.4 is 0 Å². The van der Waals surface area contributed by atoms with Crippen LogP contribution in [0.25, 0.3) is 0 Å². The Balaban J connectivity index is 1.75. The number of morpholine rings is 2. The van der Waals surface area contributed by atoms with Crippen LogP contribution in [0.2, 0.25) is 0 Å². The van der Waals surface area contributed by atoms with Gasteiger partial charge in [-0.2, -0.15) is 0 Å². The number of carbonyl (C=O) groups excluding carboxylic acids is 1. The largest absolute Gasteiger partial charge is 0.379 e. The predicted molar refractivity (Wildman–Crippen MR) is 123 cm³/mol. The van der Waals surface area contributed by atoms with E-state index in [0.717, 1.165) is 31.7 Å². The average Bonchev–Trinajstić information content (AvgIpc) is 2.84. The molecule has 0 aliphatic carbocycles. The van der Waals surface area contributed by atoms with Crippen LogP contribution in [0, 0.1) is 0 Å². The highest BCUT2D eigenvalue weighted by atomic mass is 16.5. The molecule has 0 amide bonds. The van der Waals surface area contributed by atoms with Gasteiger partial charge in [0, 0.05) is 31.7 Å². The van der Waals surface area contributed by atoms with E-state index in [4.69, 9.17) is 9.47 Å². The highest BCUT2D eigenvalue weighted by molar-refractivity contribution is 6.00. The molecular weight excluding hydrogens is 388 g/mol. The molecule has 31 heavy (non-hydrogen) atoms. The second-order valence-electron chi connectivity index (χ2n) is 8.74. The summed E-state index contributed by atoms with van der Waals surface area (Å²) in [5.41, 5.74) is 3.30. The molecule has 2 aliphatic rings. The zero-order chi connectivity index (χ0) is 21.6. The van der Waals surface area contributed by atoms with Crippen molar-refractivity contribution in [2.75, 3.05) is 52.6 Å². The molecule has 0 unspecified atom stereocenters. The summed E-state index contributed by atoms with van der Waals surface area (Å²) in [6.07, 6.45) is 0. The first-order valence-corrected chi connectivity index (χ1v) is 11.5. The van der Waals surface area contributed by atoms with Gasteiger partial charge in [-0.25, -0.2) is 0 Å². The second kappa shape index (κ2) is 10.5. The van der Waals surface area contributed by atoms with Gasteiger partial charge in [0.25, 0.3) is 0 Å². The summed E-state index contributed by atoms with van der Waals surface area (Å²) < 4.78 is 11.3. The minimum Gasteiger partial charge on any atom is -0.379 e. The number of ether oxygens (including phenoxy) is 2. The van der Waals surface area contributed by atoms with Gasteiger partial charge >= 0.3 is 0 Å². The maximum absolute atomic E-state index is 13.9. The quantitative estimate of drug-likeness (QED) is 0.636. The first-order chi connectivity index (χ1) is 15.1. The first-order valence-electron chi connectivity index (χ1n) is 11.5. The van der Waals surface area contributed by atoms with Crippen LogP contribution in [-0.4, -0.2) is 74.2 Å². The fourth-order valence-electron chi connectivity index (χ4n) is 4.66. The number of Topliss-reactive ketones (excluding diaryl/α,β-unsaturated/α-hetero) is 1. The van der Waals surface area contributed by atoms with E-state index in [-0.39, 0.29) is 17.9 Å². The number of hydrogen-bond acceptors (Lipinski definition) is 5. The van der Waals surface area contributed by atoms with Gasteiger partial charge in [-0.15, -0.1) is 0 Å². The standard InChI is InChI=1S/C26H34N2O3/c1-20(2)21-8-10-22(11-9-21)24(27-12-16-30-17-13-27)25(28-14-18-31-19-15-28)26(29)23-6-4-3-5-7-23/h3-11,20,24-25H,12-19H2,1-2H3/t24-,25-/m1/s1. The van der Waals surface area contributed by atoms with Gasteiger partial charge in [-0.1, -0.05) is 68.4 Å². The summed E-state index contributed by atoms with van der Waals surface area (Å²) in [7, 11) is 0. The summed E-state index contributed by atoms with van der Waals surface area (Å²) in [4.78, 5) is 18.7. The fourth-order valence-corrected chi connectivity index (χ4v) is 4.66. The molecule has 2 atom stereocenters. The lowest BCUT2D eigenvalue weighted by Crippen LogP contribution is -2.55. The molecule has 2 saturated heterocycles. The summed E-state index contributed by atoms with van der Waals surface area (Å²) in [5.74, 6) is 0.670. The third-order valence-corrected chi connectivity index (χ3v) is 6.45. The van der Waals surface area contributed by atoms with E-state index in [1.54, 1.807) is 0 Å². The molecule has 2 aliphatic heterocycles. The maximum atomic E-state index is 13.9. The van der Waals surface area contributed by atoms with Gasteiger partial charge < -0.3 is 9.47 Å². The van der Waals surface area contributed by atoms with Gasteiger partial charge in [-0.05, 0) is 17.0 Å². The van der Waals surface area contributed by atoms with E-state index in [1.807, 2.05) is 30.3 Å². The smallest absolute Gasteiger partial charge is 0.181 e. The topological polar surface area (TPSA) is 42.0 Å². The molecule has 2 aromatic rings. The van der Waals surface area contributed by atoms with Crippen LogP contribution >= 0.6 is 0 Å². The van der Waals surface area contributed by atoms with Crippen molar-refractivity contribution < 1.29 is 14.3 Å². The summed E-state index contributed by atoms with van der Waals surface area (Å²) >= 11 is 0. The Morgan fingerprint density at radius 1 is 0.742 bits per heavy atom. The number of rotatable bonds is 7. The molecule has 0 spiro atoms. The molecule has 5 nitrogen and oxygen atoms in total. The molecule has 0 bridgehead atoms. The molecule has 0 aromatic heterocycles. The normalized spacial score (nSPS) is 20.5. The minimum absolute atomic E-state index is 0.0177. The molecule has 2 heterocycles. The third kappa shape index (κ3) is 5.24. The molecule has 4 rings (SSSR count). The van der Waals surface area contributed by atoms with Gasteiger partial charge in [-0.3, -0.25) is 14.6 Å². The Morgan fingerprint density at radius 2 is 1.26 bits per heavy atom. The number of ketones is 1. The van der Waals surface area contributed by atoms with Crippen molar-refractivity contribution in [1.29, 1.82) is 0 Å².